The van der Waals surface area contributed by atoms with Crippen LogP contribution in [0.4, 0.5) is 5.95 Å². The van der Waals surface area contributed by atoms with Crippen LogP contribution in [0.25, 0.3) is 0 Å². The monoisotopic (exact) mass is 298 g/mol. The van der Waals surface area contributed by atoms with Gasteiger partial charge in [-0.3, -0.25) is 10.1 Å². The van der Waals surface area contributed by atoms with Gasteiger partial charge in [0.25, 0.3) is 5.91 Å². The fourth-order valence-corrected chi connectivity index (χ4v) is 1.75. The van der Waals surface area contributed by atoms with E-state index in [0.29, 0.717) is 23.2 Å². The number of hydrogen-bond donors (Lipinski definition) is 2. The van der Waals surface area contributed by atoms with Gasteiger partial charge in [0.15, 0.2) is 0 Å². The van der Waals surface area contributed by atoms with E-state index in [2.05, 4.69) is 24.1 Å². The van der Waals surface area contributed by atoms with Crippen molar-refractivity contribution in [1.82, 2.24) is 9.55 Å². The fourth-order valence-electron chi connectivity index (χ4n) is 1.75. The number of aromatic nitrogens is 2. The van der Waals surface area contributed by atoms with Crippen LogP contribution in [0.1, 0.15) is 30.0 Å². The Labute approximate surface area is 123 Å². The summed E-state index contributed by atoms with van der Waals surface area (Å²) in [6.45, 7) is 5.29. The van der Waals surface area contributed by atoms with Crippen molar-refractivity contribution in [1.29, 1.82) is 0 Å². The van der Waals surface area contributed by atoms with Gasteiger partial charge in [0.1, 0.15) is 12.0 Å². The Hall–Kier alpha value is -1.79. The lowest BCUT2D eigenvalue weighted by molar-refractivity contribution is 0.102. The number of furan rings is 1. The van der Waals surface area contributed by atoms with E-state index in [-0.39, 0.29) is 24.9 Å². The van der Waals surface area contributed by atoms with Crippen molar-refractivity contribution in [2.24, 2.45) is 11.7 Å². The summed E-state index contributed by atoms with van der Waals surface area (Å²) in [7, 11) is 0. The highest BCUT2D eigenvalue weighted by molar-refractivity contribution is 6.03. The van der Waals surface area contributed by atoms with Crippen molar-refractivity contribution < 1.29 is 9.21 Å². The molecule has 0 aliphatic rings. The number of rotatable bonds is 5. The van der Waals surface area contributed by atoms with Crippen LogP contribution in [0.15, 0.2) is 29.1 Å². The van der Waals surface area contributed by atoms with Crippen molar-refractivity contribution in [3.8, 4) is 0 Å². The van der Waals surface area contributed by atoms with Crippen LogP contribution in [0.5, 0.6) is 0 Å². The number of nitrogens with one attached hydrogen (secondary N) is 1. The molecule has 2 heterocycles. The maximum atomic E-state index is 12.0. The molecule has 0 bridgehead atoms. The average Bonchev–Trinajstić information content (AvgIpc) is 2.98. The zero-order valence-corrected chi connectivity index (χ0v) is 12.3. The molecule has 0 saturated heterocycles. The van der Waals surface area contributed by atoms with E-state index < -0.39 is 0 Å². The van der Waals surface area contributed by atoms with Gasteiger partial charge in [-0.05, 0) is 12.0 Å². The molecular formula is C13H19ClN4O2. The van der Waals surface area contributed by atoms with Gasteiger partial charge in [0.2, 0.25) is 5.95 Å². The van der Waals surface area contributed by atoms with E-state index in [9.17, 15) is 4.79 Å². The lowest BCUT2D eigenvalue weighted by Crippen LogP contribution is -2.16. The van der Waals surface area contributed by atoms with Gasteiger partial charge < -0.3 is 14.7 Å². The van der Waals surface area contributed by atoms with E-state index in [1.54, 1.807) is 12.3 Å². The Kier molecular flexibility index (Phi) is 5.79. The van der Waals surface area contributed by atoms with Crippen LogP contribution < -0.4 is 11.1 Å². The maximum absolute atomic E-state index is 12.0. The van der Waals surface area contributed by atoms with Crippen LogP contribution in [0.3, 0.4) is 0 Å². The van der Waals surface area contributed by atoms with E-state index >= 15 is 0 Å². The Bertz CT molecular complexity index is 562. The smallest absolute Gasteiger partial charge is 0.261 e. The lowest BCUT2D eigenvalue weighted by Gasteiger charge is -2.10. The van der Waals surface area contributed by atoms with Crippen LogP contribution in [-0.2, 0) is 13.1 Å². The molecule has 20 heavy (non-hydrogen) atoms. The molecule has 0 fully saturated rings. The lowest BCUT2D eigenvalue weighted by atomic mass is 10.2. The minimum atomic E-state index is -0.250. The first-order chi connectivity index (χ1) is 9.10. The summed E-state index contributed by atoms with van der Waals surface area (Å²) in [4.78, 5) is 16.2. The summed E-state index contributed by atoms with van der Waals surface area (Å²) in [6, 6.07) is 1.63. The van der Waals surface area contributed by atoms with Crippen molar-refractivity contribution in [3.05, 3.63) is 36.0 Å². The third-order valence-corrected chi connectivity index (χ3v) is 2.62. The molecule has 2 rings (SSSR count). The van der Waals surface area contributed by atoms with E-state index in [1.165, 1.54) is 6.26 Å². The van der Waals surface area contributed by atoms with Crippen molar-refractivity contribution >= 4 is 24.3 Å². The summed E-state index contributed by atoms with van der Waals surface area (Å²) in [5.74, 6) is 1.34. The second-order valence-electron chi connectivity index (χ2n) is 4.76. The Balaban J connectivity index is 0.00000200. The number of carbonyl (C=O) groups excluding carboxylic acids is 1. The molecule has 2 aromatic rings. The molecule has 0 aliphatic heterocycles. The SMILES string of the molecule is CC(C)Cn1ccnc1NC(=O)c1coc(CN)c1.Cl. The number of halogens is 1. The van der Waals surface area contributed by atoms with Crippen molar-refractivity contribution in [3.63, 3.8) is 0 Å². The molecule has 0 unspecified atom stereocenters. The zero-order chi connectivity index (χ0) is 13.8. The summed E-state index contributed by atoms with van der Waals surface area (Å²) < 4.78 is 7.05. The van der Waals surface area contributed by atoms with Crippen LogP contribution >= 0.6 is 12.4 Å². The quantitative estimate of drug-likeness (QED) is 0.886. The third-order valence-electron chi connectivity index (χ3n) is 2.62. The summed E-state index contributed by atoms with van der Waals surface area (Å²) >= 11 is 0. The largest absolute Gasteiger partial charge is 0.467 e. The summed E-state index contributed by atoms with van der Waals surface area (Å²) in [5, 5.41) is 2.76. The van der Waals surface area contributed by atoms with Gasteiger partial charge in [-0.15, -0.1) is 12.4 Å². The van der Waals surface area contributed by atoms with Crippen molar-refractivity contribution in [2.75, 3.05) is 5.32 Å². The second kappa shape index (κ2) is 7.12. The molecule has 0 atom stereocenters. The molecule has 0 radical (unpaired) electrons. The molecule has 1 amide bonds. The first-order valence-electron chi connectivity index (χ1n) is 6.20. The zero-order valence-electron chi connectivity index (χ0n) is 11.5. The molecule has 0 aliphatic carbocycles. The Morgan fingerprint density at radius 3 is 2.90 bits per heavy atom. The van der Waals surface area contributed by atoms with Gasteiger partial charge in [-0.25, -0.2) is 4.98 Å². The molecule has 7 heteroatoms. The van der Waals surface area contributed by atoms with Crippen molar-refractivity contribution in [2.45, 2.75) is 26.9 Å². The van der Waals surface area contributed by atoms with Crippen LogP contribution in [-0.4, -0.2) is 15.5 Å². The molecule has 0 aromatic carbocycles. The van der Waals surface area contributed by atoms with Gasteiger partial charge in [-0.1, -0.05) is 13.8 Å². The standard InChI is InChI=1S/C13H18N4O2.ClH/c1-9(2)7-17-4-3-15-13(17)16-12(18)10-5-11(6-14)19-8-10;/h3-5,8-9H,6-7,14H2,1-2H3,(H,15,16,18);1H. The number of nitrogens with two attached hydrogens (primary N) is 1. The average molecular weight is 299 g/mol. The number of imidazole rings is 1. The predicted octanol–water partition coefficient (Wildman–Crippen LogP) is 2.26. The third kappa shape index (κ3) is 3.85. The van der Waals surface area contributed by atoms with Crippen LogP contribution in [0.2, 0.25) is 0 Å². The molecule has 0 spiro atoms. The van der Waals surface area contributed by atoms with Crippen LogP contribution in [0, 0.1) is 5.92 Å². The number of amides is 1. The maximum Gasteiger partial charge on any atom is 0.261 e. The molecule has 110 valence electrons. The Morgan fingerprint density at radius 1 is 1.55 bits per heavy atom. The van der Waals surface area contributed by atoms with Gasteiger partial charge in [0, 0.05) is 18.9 Å². The fraction of sp³-hybridized carbons (Fsp3) is 0.385. The Morgan fingerprint density at radius 2 is 2.30 bits per heavy atom. The minimum Gasteiger partial charge on any atom is -0.467 e. The number of carbonyl (C=O) groups is 1. The first-order valence-corrected chi connectivity index (χ1v) is 6.20. The predicted molar refractivity (Wildman–Crippen MR) is 78.9 cm³/mol. The normalized spacial score (nSPS) is 10.4. The highest BCUT2D eigenvalue weighted by Gasteiger charge is 2.13. The molecule has 0 saturated carbocycles. The highest BCUT2D eigenvalue weighted by Crippen LogP contribution is 2.12. The van der Waals surface area contributed by atoms with E-state index in [4.69, 9.17) is 10.2 Å². The number of anilines is 1. The second-order valence-corrected chi connectivity index (χ2v) is 4.76. The van der Waals surface area contributed by atoms with Gasteiger partial charge in [0.05, 0.1) is 12.1 Å². The minimum absolute atomic E-state index is 0. The molecular weight excluding hydrogens is 280 g/mol. The molecule has 2 aromatic heterocycles. The topological polar surface area (TPSA) is 86.1 Å². The first kappa shape index (κ1) is 16.3. The number of hydrogen-bond acceptors (Lipinski definition) is 4. The number of nitrogens with zero attached hydrogens (tertiary/aromatic N) is 2. The van der Waals surface area contributed by atoms with E-state index in [1.807, 2.05) is 10.8 Å². The van der Waals surface area contributed by atoms with E-state index in [0.717, 1.165) is 6.54 Å². The summed E-state index contributed by atoms with van der Waals surface area (Å²) in [6.07, 6.45) is 4.90. The van der Waals surface area contributed by atoms with Gasteiger partial charge in [-0.2, -0.15) is 0 Å². The molecule has 3 N–H and O–H groups in total. The summed E-state index contributed by atoms with van der Waals surface area (Å²) in [5.41, 5.74) is 5.88. The van der Waals surface area contributed by atoms with Gasteiger partial charge >= 0.3 is 0 Å². The molecule has 6 nitrogen and oxygen atoms in total. The highest BCUT2D eigenvalue weighted by atomic mass is 35.5.